The van der Waals surface area contributed by atoms with Crippen molar-refractivity contribution in [3.8, 4) is 5.75 Å². The molecular formula is C20H31N3O3. The molecule has 0 spiro atoms. The van der Waals surface area contributed by atoms with Gasteiger partial charge in [0.05, 0.1) is 12.6 Å². The van der Waals surface area contributed by atoms with Crippen molar-refractivity contribution in [3.05, 3.63) is 29.8 Å². The van der Waals surface area contributed by atoms with Crippen LogP contribution in [-0.4, -0.2) is 56.3 Å². The number of piperidine rings is 1. The molecule has 2 aliphatic heterocycles. The fourth-order valence-electron chi connectivity index (χ4n) is 3.71. The van der Waals surface area contributed by atoms with Crippen molar-refractivity contribution in [1.29, 1.82) is 0 Å². The van der Waals surface area contributed by atoms with Crippen LogP contribution in [0.2, 0.25) is 0 Å². The quantitative estimate of drug-likeness (QED) is 0.804. The van der Waals surface area contributed by atoms with E-state index in [4.69, 9.17) is 15.2 Å². The van der Waals surface area contributed by atoms with E-state index in [1.54, 1.807) is 7.11 Å². The maximum atomic E-state index is 12.4. The third-order valence-electron chi connectivity index (χ3n) is 5.66. The van der Waals surface area contributed by atoms with E-state index in [0.717, 1.165) is 44.8 Å². The predicted molar refractivity (Wildman–Crippen MR) is 101 cm³/mol. The number of hydrogen-bond acceptors (Lipinski definition) is 5. The van der Waals surface area contributed by atoms with Crippen molar-refractivity contribution < 1.29 is 14.3 Å². The van der Waals surface area contributed by atoms with Gasteiger partial charge in [-0.3, -0.25) is 9.69 Å². The first-order valence-corrected chi connectivity index (χ1v) is 9.59. The maximum Gasteiger partial charge on any atom is 0.240 e. The van der Waals surface area contributed by atoms with Gasteiger partial charge >= 0.3 is 0 Å². The lowest BCUT2D eigenvalue weighted by molar-refractivity contribution is -0.130. The summed E-state index contributed by atoms with van der Waals surface area (Å²) in [5.74, 6) is 1.42. The Hall–Kier alpha value is -1.63. The van der Waals surface area contributed by atoms with Gasteiger partial charge in [-0.2, -0.15) is 0 Å². The molecule has 144 valence electrons. The third-order valence-corrected chi connectivity index (χ3v) is 5.66. The Morgan fingerprint density at radius 1 is 1.27 bits per heavy atom. The summed E-state index contributed by atoms with van der Waals surface area (Å²) >= 11 is 0. The van der Waals surface area contributed by atoms with Gasteiger partial charge in [0.1, 0.15) is 5.75 Å². The van der Waals surface area contributed by atoms with E-state index < -0.39 is 5.54 Å². The lowest BCUT2D eigenvalue weighted by Crippen LogP contribution is -2.57. The third kappa shape index (κ3) is 4.96. The van der Waals surface area contributed by atoms with E-state index in [-0.39, 0.29) is 5.91 Å². The van der Waals surface area contributed by atoms with Crippen LogP contribution in [0.1, 0.15) is 31.2 Å². The molecule has 2 aliphatic rings. The van der Waals surface area contributed by atoms with Crippen LogP contribution in [0.3, 0.4) is 0 Å². The van der Waals surface area contributed by atoms with Crippen LogP contribution in [-0.2, 0) is 16.1 Å². The van der Waals surface area contributed by atoms with Crippen LogP contribution in [0.4, 0.5) is 0 Å². The van der Waals surface area contributed by atoms with Gasteiger partial charge in [-0.05, 0) is 62.4 Å². The van der Waals surface area contributed by atoms with Crippen molar-refractivity contribution >= 4 is 5.91 Å². The highest BCUT2D eigenvalue weighted by atomic mass is 16.5. The van der Waals surface area contributed by atoms with Gasteiger partial charge in [0.25, 0.3) is 0 Å². The van der Waals surface area contributed by atoms with Crippen molar-refractivity contribution in [1.82, 2.24) is 10.2 Å². The van der Waals surface area contributed by atoms with Crippen LogP contribution in [0, 0.1) is 5.92 Å². The van der Waals surface area contributed by atoms with Gasteiger partial charge in [0, 0.05) is 26.3 Å². The van der Waals surface area contributed by atoms with Crippen LogP contribution in [0.15, 0.2) is 24.3 Å². The minimum absolute atomic E-state index is 0.0125. The number of nitrogens with two attached hydrogens (primary N) is 1. The number of nitrogens with zero attached hydrogens (tertiary/aromatic N) is 1. The summed E-state index contributed by atoms with van der Waals surface area (Å²) in [6.45, 7) is 4.98. The molecule has 0 radical (unpaired) electrons. The van der Waals surface area contributed by atoms with Crippen LogP contribution in [0.5, 0.6) is 5.75 Å². The normalized spacial score (nSPS) is 21.3. The highest BCUT2D eigenvalue weighted by Gasteiger charge is 2.36. The molecule has 0 bridgehead atoms. The molecule has 0 saturated carbocycles. The summed E-state index contributed by atoms with van der Waals surface area (Å²) in [6, 6.07) is 8.27. The van der Waals surface area contributed by atoms with E-state index in [0.29, 0.717) is 32.0 Å². The number of nitrogens with one attached hydrogen (secondary N) is 1. The Labute approximate surface area is 156 Å². The number of carbonyl (C=O) groups is 1. The van der Waals surface area contributed by atoms with E-state index in [1.807, 2.05) is 12.1 Å². The molecule has 3 rings (SSSR count). The van der Waals surface area contributed by atoms with Gasteiger partial charge in [0.2, 0.25) is 5.91 Å². The number of benzene rings is 1. The summed E-state index contributed by atoms with van der Waals surface area (Å²) in [6.07, 6.45) is 3.44. The van der Waals surface area contributed by atoms with E-state index in [2.05, 4.69) is 22.3 Å². The summed E-state index contributed by atoms with van der Waals surface area (Å²) in [5, 5.41) is 3.09. The SMILES string of the molecule is COc1ccc(CN2CCC(CNC(=O)C3(N)CCOCC3)CC2)cc1. The molecule has 2 fully saturated rings. The Balaban J connectivity index is 1.38. The molecule has 2 heterocycles. The van der Waals surface area contributed by atoms with Gasteiger partial charge in [0.15, 0.2) is 0 Å². The topological polar surface area (TPSA) is 76.8 Å². The zero-order valence-electron chi connectivity index (χ0n) is 15.7. The number of likely N-dealkylation sites (tertiary alicyclic amines) is 1. The molecule has 0 aliphatic carbocycles. The van der Waals surface area contributed by atoms with E-state index in [9.17, 15) is 4.79 Å². The van der Waals surface area contributed by atoms with Crippen LogP contribution < -0.4 is 15.8 Å². The number of rotatable bonds is 6. The maximum absolute atomic E-state index is 12.4. The first-order chi connectivity index (χ1) is 12.6. The molecule has 0 unspecified atom stereocenters. The minimum Gasteiger partial charge on any atom is -0.497 e. The highest BCUT2D eigenvalue weighted by molar-refractivity contribution is 5.86. The van der Waals surface area contributed by atoms with Crippen LogP contribution >= 0.6 is 0 Å². The number of methoxy groups -OCH3 is 1. The molecule has 0 aromatic heterocycles. The van der Waals surface area contributed by atoms with Crippen molar-refractivity contribution in [2.45, 2.75) is 37.8 Å². The van der Waals surface area contributed by atoms with Crippen molar-refractivity contribution in [3.63, 3.8) is 0 Å². The lowest BCUT2D eigenvalue weighted by atomic mass is 9.89. The Kier molecular flexibility index (Phi) is 6.51. The van der Waals surface area contributed by atoms with Crippen LogP contribution in [0.25, 0.3) is 0 Å². The highest BCUT2D eigenvalue weighted by Crippen LogP contribution is 2.21. The summed E-state index contributed by atoms with van der Waals surface area (Å²) < 4.78 is 10.5. The Morgan fingerprint density at radius 2 is 1.92 bits per heavy atom. The fourth-order valence-corrected chi connectivity index (χ4v) is 3.71. The first kappa shape index (κ1) is 19.1. The molecule has 6 heteroatoms. The predicted octanol–water partition coefficient (Wildman–Crippen LogP) is 1.53. The zero-order valence-corrected chi connectivity index (χ0v) is 15.7. The molecule has 3 N–H and O–H groups in total. The van der Waals surface area contributed by atoms with E-state index >= 15 is 0 Å². The standard InChI is InChI=1S/C20H31N3O3/c1-25-18-4-2-17(3-5-18)15-23-10-6-16(7-11-23)14-22-19(24)20(21)8-12-26-13-9-20/h2-5,16H,6-15,21H2,1H3,(H,22,24). The summed E-state index contributed by atoms with van der Waals surface area (Å²) in [5.41, 5.74) is 6.80. The smallest absolute Gasteiger partial charge is 0.240 e. The van der Waals surface area contributed by atoms with Crippen molar-refractivity contribution in [2.75, 3.05) is 40.0 Å². The number of carbonyl (C=O) groups excluding carboxylic acids is 1. The number of amides is 1. The molecular weight excluding hydrogens is 330 g/mol. The minimum atomic E-state index is -0.743. The molecule has 6 nitrogen and oxygen atoms in total. The average molecular weight is 361 g/mol. The molecule has 26 heavy (non-hydrogen) atoms. The number of hydrogen-bond donors (Lipinski definition) is 2. The summed E-state index contributed by atoms with van der Waals surface area (Å²) in [7, 11) is 1.69. The summed E-state index contributed by atoms with van der Waals surface area (Å²) in [4.78, 5) is 14.9. The second-order valence-corrected chi connectivity index (χ2v) is 7.55. The average Bonchev–Trinajstić information content (AvgIpc) is 2.68. The van der Waals surface area contributed by atoms with Gasteiger partial charge < -0.3 is 20.5 Å². The molecule has 1 aromatic rings. The lowest BCUT2D eigenvalue weighted by Gasteiger charge is -2.34. The Bertz CT molecular complexity index is 576. The fraction of sp³-hybridized carbons (Fsp3) is 0.650. The molecule has 2 saturated heterocycles. The van der Waals surface area contributed by atoms with E-state index in [1.165, 1.54) is 5.56 Å². The Morgan fingerprint density at radius 3 is 2.54 bits per heavy atom. The van der Waals surface area contributed by atoms with Crippen molar-refractivity contribution in [2.24, 2.45) is 11.7 Å². The second-order valence-electron chi connectivity index (χ2n) is 7.55. The molecule has 0 atom stereocenters. The van der Waals surface area contributed by atoms with Gasteiger partial charge in [-0.25, -0.2) is 0 Å². The molecule has 1 aromatic carbocycles. The molecule has 1 amide bonds. The van der Waals surface area contributed by atoms with Gasteiger partial charge in [-0.15, -0.1) is 0 Å². The zero-order chi connectivity index (χ0) is 18.4. The first-order valence-electron chi connectivity index (χ1n) is 9.59. The monoisotopic (exact) mass is 361 g/mol. The van der Waals surface area contributed by atoms with Gasteiger partial charge in [-0.1, -0.05) is 12.1 Å². The largest absolute Gasteiger partial charge is 0.497 e. The number of ether oxygens (including phenoxy) is 2. The second kappa shape index (κ2) is 8.84.